The highest BCUT2D eigenvalue weighted by molar-refractivity contribution is 5.67. The van der Waals surface area contributed by atoms with Crippen LogP contribution in [-0.2, 0) is 0 Å². The minimum atomic E-state index is 0.188. The molecule has 2 aromatic carbocycles. The van der Waals surface area contributed by atoms with Crippen LogP contribution in [0.15, 0.2) is 54.6 Å². The molecule has 1 aliphatic heterocycles. The Bertz CT molecular complexity index is 873. The number of hydrogen-bond donors (Lipinski definition) is 1. The molecule has 0 spiro atoms. The summed E-state index contributed by atoms with van der Waals surface area (Å²) in [4.78, 5) is 0. The Morgan fingerprint density at radius 3 is 1.90 bits per heavy atom. The van der Waals surface area contributed by atoms with Gasteiger partial charge in [-0.3, -0.25) is 0 Å². The maximum Gasteiger partial charge on any atom is 0.118 e. The highest BCUT2D eigenvalue weighted by Crippen LogP contribution is 2.40. The quantitative estimate of drug-likeness (QED) is 0.589. The molecule has 1 unspecified atom stereocenters. The van der Waals surface area contributed by atoms with Crippen LogP contribution in [0.5, 0.6) is 5.75 Å². The molecular weight excluding hydrogens is 366 g/mol. The monoisotopic (exact) mass is 403 g/mol. The number of hydrogen-bond acceptors (Lipinski definition) is 2. The molecule has 0 radical (unpaired) electrons. The SMILES string of the molecule is COc1ccc(C2CC=C(c3ccc(C4CC(C)(C)NC(C)(C)C4)cc3)CC2)cc1. The number of ether oxygens (including phenoxy) is 1. The van der Waals surface area contributed by atoms with Gasteiger partial charge in [0.1, 0.15) is 5.75 Å². The average Bonchev–Trinajstić information content (AvgIpc) is 2.72. The summed E-state index contributed by atoms with van der Waals surface area (Å²) in [5.41, 5.74) is 6.21. The molecule has 160 valence electrons. The summed E-state index contributed by atoms with van der Waals surface area (Å²) in [7, 11) is 1.73. The molecular formula is C28H37NO. The first kappa shape index (κ1) is 21.2. The first-order valence-electron chi connectivity index (χ1n) is 11.5. The predicted molar refractivity (Wildman–Crippen MR) is 127 cm³/mol. The van der Waals surface area contributed by atoms with Crippen molar-refractivity contribution in [2.45, 2.75) is 82.7 Å². The van der Waals surface area contributed by atoms with Crippen LogP contribution in [0, 0.1) is 0 Å². The second-order valence-electron chi connectivity index (χ2n) is 10.6. The van der Waals surface area contributed by atoms with E-state index in [9.17, 15) is 0 Å². The van der Waals surface area contributed by atoms with Gasteiger partial charge in [-0.15, -0.1) is 0 Å². The number of methoxy groups -OCH3 is 1. The van der Waals surface area contributed by atoms with Crippen LogP contribution in [-0.4, -0.2) is 18.2 Å². The standard InChI is InChI=1S/C28H37NO/c1-27(2)18-25(19-28(3,4)29-27)24-12-10-21(11-13-24)20-6-8-22(9-7-20)23-14-16-26(30-5)17-15-23/h6,10-17,22,25,29H,7-9,18-19H2,1-5H3. The van der Waals surface area contributed by atoms with E-state index in [0.29, 0.717) is 11.8 Å². The molecule has 2 aliphatic rings. The molecule has 2 heteroatoms. The topological polar surface area (TPSA) is 21.3 Å². The summed E-state index contributed by atoms with van der Waals surface area (Å²) >= 11 is 0. The fraction of sp³-hybridized carbons (Fsp3) is 0.500. The van der Waals surface area contributed by atoms with Crippen molar-refractivity contribution in [3.63, 3.8) is 0 Å². The molecule has 4 rings (SSSR count). The normalized spacial score (nSPS) is 23.6. The van der Waals surface area contributed by atoms with E-state index in [4.69, 9.17) is 4.74 Å². The number of nitrogens with one attached hydrogen (secondary N) is 1. The zero-order valence-electron chi connectivity index (χ0n) is 19.3. The van der Waals surface area contributed by atoms with Crippen LogP contribution in [0.2, 0.25) is 0 Å². The Kier molecular flexibility index (Phi) is 5.81. The Hall–Kier alpha value is -2.06. The lowest BCUT2D eigenvalue weighted by molar-refractivity contribution is 0.162. The van der Waals surface area contributed by atoms with Crippen molar-refractivity contribution in [1.82, 2.24) is 5.32 Å². The largest absolute Gasteiger partial charge is 0.497 e. The van der Waals surface area contributed by atoms with Gasteiger partial charge < -0.3 is 10.1 Å². The molecule has 0 aromatic heterocycles. The molecule has 2 nitrogen and oxygen atoms in total. The minimum Gasteiger partial charge on any atom is -0.497 e. The maximum absolute atomic E-state index is 5.29. The van der Waals surface area contributed by atoms with E-state index in [1.807, 2.05) is 0 Å². The molecule has 2 aromatic rings. The lowest BCUT2D eigenvalue weighted by Crippen LogP contribution is -2.57. The van der Waals surface area contributed by atoms with E-state index in [2.05, 4.69) is 87.6 Å². The Morgan fingerprint density at radius 1 is 0.800 bits per heavy atom. The van der Waals surface area contributed by atoms with Gasteiger partial charge in [0.2, 0.25) is 0 Å². The molecule has 1 saturated heterocycles. The zero-order valence-corrected chi connectivity index (χ0v) is 19.3. The molecule has 0 saturated carbocycles. The van der Waals surface area contributed by atoms with E-state index < -0.39 is 0 Å². The zero-order chi connectivity index (χ0) is 21.4. The number of benzene rings is 2. The van der Waals surface area contributed by atoms with E-state index in [-0.39, 0.29) is 11.1 Å². The van der Waals surface area contributed by atoms with Crippen molar-refractivity contribution in [2.24, 2.45) is 0 Å². The maximum atomic E-state index is 5.29. The van der Waals surface area contributed by atoms with Crippen LogP contribution in [0.25, 0.3) is 5.57 Å². The Balaban J connectivity index is 1.44. The van der Waals surface area contributed by atoms with Crippen molar-refractivity contribution < 1.29 is 4.74 Å². The van der Waals surface area contributed by atoms with Gasteiger partial charge in [0.05, 0.1) is 7.11 Å². The summed E-state index contributed by atoms with van der Waals surface area (Å²) < 4.78 is 5.29. The summed E-state index contributed by atoms with van der Waals surface area (Å²) in [5, 5.41) is 3.80. The van der Waals surface area contributed by atoms with Crippen LogP contribution >= 0.6 is 0 Å². The highest BCUT2D eigenvalue weighted by atomic mass is 16.5. The third-order valence-corrected chi connectivity index (χ3v) is 6.94. The van der Waals surface area contributed by atoms with Crippen LogP contribution in [0.1, 0.15) is 88.3 Å². The van der Waals surface area contributed by atoms with Crippen molar-refractivity contribution >= 4 is 5.57 Å². The third-order valence-electron chi connectivity index (χ3n) is 6.94. The van der Waals surface area contributed by atoms with E-state index in [0.717, 1.165) is 18.6 Å². The van der Waals surface area contributed by atoms with Gasteiger partial charge in [-0.05, 0) is 106 Å². The summed E-state index contributed by atoms with van der Waals surface area (Å²) in [6.07, 6.45) is 8.36. The lowest BCUT2D eigenvalue weighted by atomic mass is 9.73. The van der Waals surface area contributed by atoms with Gasteiger partial charge in [-0.2, -0.15) is 0 Å². The smallest absolute Gasteiger partial charge is 0.118 e. The minimum absolute atomic E-state index is 0.188. The molecule has 1 atom stereocenters. The van der Waals surface area contributed by atoms with Gasteiger partial charge in [-0.25, -0.2) is 0 Å². The van der Waals surface area contributed by atoms with Crippen molar-refractivity contribution in [3.05, 3.63) is 71.3 Å². The fourth-order valence-corrected chi connectivity index (χ4v) is 5.80. The Labute approximate surface area is 182 Å². The molecule has 30 heavy (non-hydrogen) atoms. The number of rotatable bonds is 4. The molecule has 1 heterocycles. The van der Waals surface area contributed by atoms with Crippen molar-refractivity contribution in [1.29, 1.82) is 0 Å². The van der Waals surface area contributed by atoms with Gasteiger partial charge in [0.15, 0.2) is 0 Å². The van der Waals surface area contributed by atoms with Crippen molar-refractivity contribution in [2.75, 3.05) is 7.11 Å². The van der Waals surface area contributed by atoms with Crippen LogP contribution in [0.3, 0.4) is 0 Å². The summed E-state index contributed by atoms with van der Waals surface area (Å²) in [6, 6.07) is 18.1. The van der Waals surface area contributed by atoms with E-state index in [1.165, 1.54) is 41.5 Å². The first-order chi connectivity index (χ1) is 14.2. The van der Waals surface area contributed by atoms with Gasteiger partial charge in [0.25, 0.3) is 0 Å². The first-order valence-corrected chi connectivity index (χ1v) is 11.5. The second-order valence-corrected chi connectivity index (χ2v) is 10.6. The molecule has 1 aliphatic carbocycles. The molecule has 0 bridgehead atoms. The second kappa shape index (κ2) is 8.23. The van der Waals surface area contributed by atoms with E-state index in [1.54, 1.807) is 7.11 Å². The third kappa shape index (κ3) is 4.81. The lowest BCUT2D eigenvalue weighted by Gasteiger charge is -2.46. The predicted octanol–water partition coefficient (Wildman–Crippen LogP) is 7.07. The molecule has 0 amide bonds. The van der Waals surface area contributed by atoms with Crippen LogP contribution in [0.4, 0.5) is 0 Å². The van der Waals surface area contributed by atoms with Crippen molar-refractivity contribution in [3.8, 4) is 5.75 Å². The summed E-state index contributed by atoms with van der Waals surface area (Å²) in [5.74, 6) is 2.19. The van der Waals surface area contributed by atoms with Crippen LogP contribution < -0.4 is 10.1 Å². The van der Waals surface area contributed by atoms with Gasteiger partial charge >= 0.3 is 0 Å². The fourth-order valence-electron chi connectivity index (χ4n) is 5.80. The Morgan fingerprint density at radius 2 is 1.37 bits per heavy atom. The highest BCUT2D eigenvalue weighted by Gasteiger charge is 2.38. The van der Waals surface area contributed by atoms with Gasteiger partial charge in [0, 0.05) is 11.1 Å². The molecule has 1 fully saturated rings. The molecule has 1 N–H and O–H groups in total. The average molecular weight is 404 g/mol. The summed E-state index contributed by atoms with van der Waals surface area (Å²) in [6.45, 7) is 9.34. The van der Waals surface area contributed by atoms with E-state index >= 15 is 0 Å². The number of piperidine rings is 1. The number of allylic oxidation sites excluding steroid dienone is 2. The van der Waals surface area contributed by atoms with Gasteiger partial charge in [-0.1, -0.05) is 42.5 Å².